The smallest absolute Gasteiger partial charge is 0.261 e. The number of thiophene rings is 1. The van der Waals surface area contributed by atoms with E-state index in [0.29, 0.717) is 46.5 Å². The van der Waals surface area contributed by atoms with E-state index in [9.17, 15) is 14.4 Å². The van der Waals surface area contributed by atoms with Crippen LogP contribution < -0.4 is 20.4 Å². The highest BCUT2D eigenvalue weighted by molar-refractivity contribution is 7.17. The molecule has 0 radical (unpaired) electrons. The van der Waals surface area contributed by atoms with Gasteiger partial charge in [-0.3, -0.25) is 14.4 Å². The van der Waals surface area contributed by atoms with Gasteiger partial charge >= 0.3 is 0 Å². The largest absolute Gasteiger partial charge is 0.380 e. The molecule has 3 aliphatic heterocycles. The second kappa shape index (κ2) is 10.6. The minimum Gasteiger partial charge on any atom is -0.380 e. The maximum Gasteiger partial charge on any atom is 0.261 e. The number of fused-ring (bicyclic) bond motifs is 3. The molecule has 1 spiro atoms. The number of hydrogen-bond acceptors (Lipinski definition) is 7. The Bertz CT molecular complexity index is 1790. The summed E-state index contributed by atoms with van der Waals surface area (Å²) in [5.41, 5.74) is 4.73. The van der Waals surface area contributed by atoms with E-state index in [4.69, 9.17) is 4.74 Å². The molecule has 10 heteroatoms. The third kappa shape index (κ3) is 4.84. The molecule has 2 N–H and O–H groups in total. The van der Waals surface area contributed by atoms with Gasteiger partial charge in [0.2, 0.25) is 0 Å². The Labute approximate surface area is 258 Å². The number of hydrogen-bond donors (Lipinski definition) is 2. The van der Waals surface area contributed by atoms with E-state index in [1.807, 2.05) is 35.2 Å². The number of amides is 3. The molecule has 9 nitrogen and oxygen atoms in total. The number of nitrogens with zero attached hydrogens (tertiary/aromatic N) is 3. The number of benzene rings is 2. The Morgan fingerprint density at radius 2 is 1.75 bits per heavy atom. The molecule has 5 heterocycles. The van der Waals surface area contributed by atoms with Gasteiger partial charge in [0.15, 0.2) is 0 Å². The predicted molar refractivity (Wildman–Crippen MR) is 170 cm³/mol. The number of ether oxygens (including phenoxy) is 1. The van der Waals surface area contributed by atoms with E-state index in [-0.39, 0.29) is 23.1 Å². The molecule has 222 valence electrons. The number of carbonyl (C=O) groups is 3. The van der Waals surface area contributed by atoms with Gasteiger partial charge in [0.05, 0.1) is 34.8 Å². The van der Waals surface area contributed by atoms with E-state index < -0.39 is 0 Å². The van der Waals surface area contributed by atoms with E-state index in [2.05, 4.69) is 20.5 Å². The maximum atomic E-state index is 13.8. The van der Waals surface area contributed by atoms with Crippen molar-refractivity contribution in [3.8, 4) is 10.4 Å². The van der Waals surface area contributed by atoms with Crippen molar-refractivity contribution >= 4 is 46.3 Å². The van der Waals surface area contributed by atoms with Crippen molar-refractivity contribution in [2.45, 2.75) is 25.3 Å². The Morgan fingerprint density at radius 3 is 2.50 bits per heavy atom. The lowest BCUT2D eigenvalue weighted by molar-refractivity contribution is -0.127. The van der Waals surface area contributed by atoms with E-state index in [0.717, 1.165) is 60.8 Å². The van der Waals surface area contributed by atoms with Crippen LogP contribution in [0, 0.1) is 5.41 Å². The van der Waals surface area contributed by atoms with Gasteiger partial charge in [-0.2, -0.15) is 0 Å². The van der Waals surface area contributed by atoms with E-state index in [1.165, 1.54) is 11.3 Å². The van der Waals surface area contributed by atoms with E-state index in [1.54, 1.807) is 42.6 Å². The maximum absolute atomic E-state index is 13.8. The number of anilines is 3. The number of para-hydroxylation sites is 1. The normalized spacial score (nSPS) is 17.9. The van der Waals surface area contributed by atoms with Crippen LogP contribution in [0.15, 0.2) is 72.9 Å². The van der Waals surface area contributed by atoms with Crippen molar-refractivity contribution in [1.82, 2.24) is 10.3 Å². The molecule has 44 heavy (non-hydrogen) atoms. The first-order chi connectivity index (χ1) is 21.5. The van der Waals surface area contributed by atoms with Crippen LogP contribution in [-0.4, -0.2) is 61.6 Å². The summed E-state index contributed by atoms with van der Waals surface area (Å²) in [5, 5.41) is 6.06. The van der Waals surface area contributed by atoms with Crippen LogP contribution in [0.5, 0.6) is 0 Å². The highest BCUT2D eigenvalue weighted by Gasteiger charge is 2.50. The minimum absolute atomic E-state index is 0.0133. The SMILES string of the molecule is O=C(NC1CC1)c1cc2c(s1)-c1ccccc1N(C(=O)c1ccc(NC(=O)c3cccnc3N3CC4(COC4)C3)cc1)CC2. The van der Waals surface area contributed by atoms with E-state index >= 15 is 0 Å². The zero-order valence-electron chi connectivity index (χ0n) is 24.0. The highest BCUT2D eigenvalue weighted by atomic mass is 32.1. The quantitative estimate of drug-likeness (QED) is 0.321. The number of nitrogens with one attached hydrogen (secondary N) is 2. The van der Waals surface area contributed by atoms with Gasteiger partial charge in [0, 0.05) is 53.6 Å². The summed E-state index contributed by atoms with van der Waals surface area (Å²) >= 11 is 1.49. The summed E-state index contributed by atoms with van der Waals surface area (Å²) < 4.78 is 5.38. The molecule has 2 aromatic heterocycles. The van der Waals surface area contributed by atoms with Crippen molar-refractivity contribution in [2.75, 3.05) is 48.0 Å². The molecular formula is C34H31N5O4S. The van der Waals surface area contributed by atoms with Crippen molar-refractivity contribution in [3.63, 3.8) is 0 Å². The molecule has 2 saturated heterocycles. The molecule has 0 bridgehead atoms. The summed E-state index contributed by atoms with van der Waals surface area (Å²) in [6.07, 6.45) is 4.45. The first kappa shape index (κ1) is 27.0. The molecule has 4 aliphatic rings. The average molecular weight is 606 g/mol. The monoisotopic (exact) mass is 605 g/mol. The molecule has 1 aliphatic carbocycles. The second-order valence-corrected chi connectivity index (χ2v) is 13.2. The fourth-order valence-corrected chi connectivity index (χ4v) is 7.41. The highest BCUT2D eigenvalue weighted by Crippen LogP contribution is 2.42. The Hall–Kier alpha value is -4.54. The zero-order valence-corrected chi connectivity index (χ0v) is 24.9. The standard InChI is InChI=1S/C34H31N5O4S/c40-31(26-5-3-14-35-30(26)38-17-34(18-38)19-43-20-34)36-23-9-7-21(8-10-23)33(42)39-15-13-22-16-28(32(41)37-24-11-12-24)44-29(22)25-4-1-2-6-27(25)39/h1-10,14,16,24H,11-13,15,17-20H2,(H,36,40)(H,37,41). The summed E-state index contributed by atoms with van der Waals surface area (Å²) in [7, 11) is 0. The summed E-state index contributed by atoms with van der Waals surface area (Å²) in [6.45, 7) is 3.70. The molecule has 4 aromatic rings. The first-order valence-corrected chi connectivity index (χ1v) is 15.8. The van der Waals surface area contributed by atoms with Gasteiger partial charge in [0.25, 0.3) is 17.7 Å². The molecule has 1 saturated carbocycles. The lowest BCUT2D eigenvalue weighted by Gasteiger charge is -2.55. The van der Waals surface area contributed by atoms with Crippen LogP contribution in [0.1, 0.15) is 48.8 Å². The Balaban J connectivity index is 0.982. The van der Waals surface area contributed by atoms with Gasteiger partial charge in [-0.25, -0.2) is 4.98 Å². The number of pyridine rings is 1. The van der Waals surface area contributed by atoms with Crippen LogP contribution in [0.4, 0.5) is 17.2 Å². The fraction of sp³-hybridized carbons (Fsp3) is 0.294. The van der Waals surface area contributed by atoms with Crippen molar-refractivity contribution in [3.05, 3.63) is 94.5 Å². The molecule has 3 fully saturated rings. The number of rotatable bonds is 6. The van der Waals surface area contributed by atoms with Crippen molar-refractivity contribution < 1.29 is 19.1 Å². The fourth-order valence-electron chi connectivity index (χ4n) is 6.27. The summed E-state index contributed by atoms with van der Waals surface area (Å²) in [4.78, 5) is 50.0. The Kier molecular flexibility index (Phi) is 6.50. The van der Waals surface area contributed by atoms with Gasteiger partial charge in [0.1, 0.15) is 5.82 Å². The first-order valence-electron chi connectivity index (χ1n) is 15.0. The molecular weight excluding hydrogens is 574 g/mol. The van der Waals surface area contributed by atoms with Crippen LogP contribution >= 0.6 is 11.3 Å². The van der Waals surface area contributed by atoms with Gasteiger partial charge < -0.3 is 25.2 Å². The van der Waals surface area contributed by atoms with Crippen LogP contribution in [0.2, 0.25) is 0 Å². The molecule has 8 rings (SSSR count). The zero-order chi connectivity index (χ0) is 29.8. The topological polar surface area (TPSA) is 104 Å². The van der Waals surface area contributed by atoms with Crippen LogP contribution in [0.25, 0.3) is 10.4 Å². The van der Waals surface area contributed by atoms with Crippen molar-refractivity contribution in [1.29, 1.82) is 0 Å². The van der Waals surface area contributed by atoms with Crippen LogP contribution in [0.3, 0.4) is 0 Å². The molecule has 2 aromatic carbocycles. The summed E-state index contributed by atoms with van der Waals surface area (Å²) in [6, 6.07) is 20.7. The van der Waals surface area contributed by atoms with Gasteiger partial charge in [-0.1, -0.05) is 18.2 Å². The third-order valence-electron chi connectivity index (χ3n) is 8.82. The number of aromatic nitrogens is 1. The number of carbonyl (C=O) groups excluding carboxylic acids is 3. The van der Waals surface area contributed by atoms with Crippen molar-refractivity contribution in [2.24, 2.45) is 5.41 Å². The third-order valence-corrected chi connectivity index (χ3v) is 10.0. The molecule has 3 amide bonds. The summed E-state index contributed by atoms with van der Waals surface area (Å²) in [5.74, 6) is 0.313. The lowest BCUT2D eigenvalue weighted by Crippen LogP contribution is -2.66. The second-order valence-electron chi connectivity index (χ2n) is 12.2. The van der Waals surface area contributed by atoms with Gasteiger partial charge in [-0.15, -0.1) is 11.3 Å². The molecule has 0 atom stereocenters. The lowest BCUT2D eigenvalue weighted by atomic mass is 9.78. The Morgan fingerprint density at radius 1 is 0.955 bits per heavy atom. The predicted octanol–water partition coefficient (Wildman–Crippen LogP) is 4.99. The molecule has 0 unspecified atom stereocenters. The van der Waals surface area contributed by atoms with Gasteiger partial charge in [-0.05, 0) is 73.4 Å². The van der Waals surface area contributed by atoms with Crippen LogP contribution in [-0.2, 0) is 11.2 Å². The minimum atomic E-state index is -0.240. The average Bonchev–Trinajstić information content (AvgIpc) is 3.74.